The zero-order chi connectivity index (χ0) is 29.1. The Morgan fingerprint density at radius 2 is 1.71 bits per heavy atom. The minimum Gasteiger partial charge on any atom is -0.461 e. The molecule has 208 valence electrons. The Labute approximate surface area is 232 Å². The highest BCUT2D eigenvalue weighted by atomic mass is 79.9. The highest BCUT2D eigenvalue weighted by Crippen LogP contribution is 2.37. The van der Waals surface area contributed by atoms with E-state index < -0.39 is 35.7 Å². The molecule has 1 aromatic heterocycles. The first-order chi connectivity index (χ1) is 17.4. The number of ether oxygens (including phenoxy) is 1. The van der Waals surface area contributed by atoms with Crippen LogP contribution in [0.25, 0.3) is 11.3 Å². The number of rotatable bonds is 7. The van der Waals surface area contributed by atoms with Crippen molar-refractivity contribution in [3.63, 3.8) is 0 Å². The van der Waals surface area contributed by atoms with Gasteiger partial charge in [-0.05, 0) is 63.5 Å². The first-order valence-electron chi connectivity index (χ1n) is 11.6. The molecule has 0 bridgehead atoms. The molecule has 0 unspecified atom stereocenters. The highest BCUT2D eigenvalue weighted by molar-refractivity contribution is 9.10. The maximum Gasteiger partial charge on any atom is 0.631 e. The Hall–Kier alpha value is -2.07. The highest BCUT2D eigenvalue weighted by Gasteiger charge is 2.52. The lowest BCUT2D eigenvalue weighted by molar-refractivity contribution is 0.00578. The summed E-state index contributed by atoms with van der Waals surface area (Å²) in [5, 5.41) is 21.5. The van der Waals surface area contributed by atoms with Crippen LogP contribution in [0.3, 0.4) is 0 Å². The van der Waals surface area contributed by atoms with Crippen molar-refractivity contribution in [3.8, 4) is 17.3 Å². The zero-order valence-electron chi connectivity index (χ0n) is 22.6. The monoisotopic (exact) mass is 614 g/mol. The normalized spacial score (nSPS) is 16.4. The van der Waals surface area contributed by atoms with Gasteiger partial charge in [-0.15, -0.1) is 4.40 Å². The molecule has 1 fully saturated rings. The zero-order valence-corrected chi connectivity index (χ0v) is 25.0. The average molecular weight is 615 g/mol. The standard InChI is InChI=1S/C22H30BBrN4O5S.BH3O3/c1-14(2)31-20-25-12-17(24)19(27-20)15-9-10-16(23-32-21(3,4)22(5,6)33-23)18(11-15)34(29,30)26-13-28(7)8;2-1(3)4/h9-14H,1-8H3;2-4H. The summed E-state index contributed by atoms with van der Waals surface area (Å²) in [6.07, 6.45) is 2.70. The topological polar surface area (TPSA) is 164 Å². The molecule has 0 spiro atoms. The number of sulfonamides is 1. The fourth-order valence-corrected chi connectivity index (χ4v) is 4.69. The molecule has 12 nitrogen and oxygen atoms in total. The maximum absolute atomic E-state index is 13.3. The number of hydrogen-bond acceptors (Lipinski definition) is 10. The predicted octanol–water partition coefficient (Wildman–Crippen LogP) is 1.22. The summed E-state index contributed by atoms with van der Waals surface area (Å²) in [5.41, 5.74) is 0.120. The van der Waals surface area contributed by atoms with Gasteiger partial charge in [-0.1, -0.05) is 12.1 Å². The first kappa shape index (κ1) is 32.1. The molecule has 1 aliphatic rings. The molecule has 0 saturated carbocycles. The minimum atomic E-state index is -4.09. The third kappa shape index (κ3) is 8.21. The second-order valence-electron chi connectivity index (χ2n) is 9.86. The molecule has 3 rings (SSSR count). The van der Waals surface area contributed by atoms with E-state index in [0.717, 1.165) is 0 Å². The van der Waals surface area contributed by atoms with Gasteiger partial charge in [0, 0.05) is 31.3 Å². The van der Waals surface area contributed by atoms with Crippen molar-refractivity contribution in [2.24, 2.45) is 4.40 Å². The van der Waals surface area contributed by atoms with Crippen LogP contribution in [0.4, 0.5) is 0 Å². The van der Waals surface area contributed by atoms with Crippen molar-refractivity contribution in [3.05, 3.63) is 28.9 Å². The van der Waals surface area contributed by atoms with Crippen LogP contribution in [0.5, 0.6) is 6.01 Å². The van der Waals surface area contributed by atoms with Crippen molar-refractivity contribution in [2.45, 2.75) is 63.7 Å². The van der Waals surface area contributed by atoms with Crippen molar-refractivity contribution in [1.29, 1.82) is 0 Å². The summed E-state index contributed by atoms with van der Waals surface area (Å²) in [7, 11) is -3.76. The van der Waals surface area contributed by atoms with Crippen molar-refractivity contribution >= 4 is 52.2 Å². The third-order valence-electron chi connectivity index (χ3n) is 5.55. The molecular weight excluding hydrogens is 582 g/mol. The number of halogens is 1. The fourth-order valence-electron chi connectivity index (χ4n) is 3.10. The van der Waals surface area contributed by atoms with E-state index in [9.17, 15) is 8.42 Å². The Kier molecular flexibility index (Phi) is 10.5. The van der Waals surface area contributed by atoms with Crippen LogP contribution in [-0.2, 0) is 19.3 Å². The van der Waals surface area contributed by atoms with Gasteiger partial charge in [0.2, 0.25) is 0 Å². The summed E-state index contributed by atoms with van der Waals surface area (Å²) in [5.74, 6) is 0. The molecule has 0 radical (unpaired) electrons. The lowest BCUT2D eigenvalue weighted by Crippen LogP contribution is -2.41. The minimum absolute atomic E-state index is 0.0292. The van der Waals surface area contributed by atoms with Gasteiger partial charge in [-0.25, -0.2) is 4.98 Å². The van der Waals surface area contributed by atoms with Crippen LogP contribution >= 0.6 is 15.9 Å². The number of benzene rings is 1. The van der Waals surface area contributed by atoms with Gasteiger partial charge in [-0.3, -0.25) is 0 Å². The molecular formula is C22H33B2BrN4O8S. The molecule has 0 aliphatic carbocycles. The molecule has 2 heterocycles. The van der Waals surface area contributed by atoms with Gasteiger partial charge in [0.15, 0.2) is 0 Å². The van der Waals surface area contributed by atoms with Gasteiger partial charge in [0.05, 0.1) is 32.4 Å². The molecule has 1 aromatic carbocycles. The number of aromatic nitrogens is 2. The Balaban J connectivity index is 0.00000118. The van der Waals surface area contributed by atoms with E-state index >= 15 is 0 Å². The van der Waals surface area contributed by atoms with Crippen molar-refractivity contribution in [2.75, 3.05) is 14.1 Å². The van der Waals surface area contributed by atoms with Crippen LogP contribution in [0, 0.1) is 0 Å². The second-order valence-corrected chi connectivity index (χ2v) is 12.3. The molecule has 16 heteroatoms. The van der Waals surface area contributed by atoms with E-state index in [1.165, 1.54) is 12.4 Å². The van der Waals surface area contributed by atoms with Gasteiger partial charge >= 0.3 is 20.5 Å². The quantitative estimate of drug-likeness (QED) is 0.233. The van der Waals surface area contributed by atoms with Gasteiger partial charge in [0.1, 0.15) is 6.34 Å². The summed E-state index contributed by atoms with van der Waals surface area (Å²) >= 11 is 3.46. The SMILES string of the molecule is CC(C)Oc1ncc(Br)c(-c2ccc(B3OC(C)(C)C(C)(C)O3)c(S(=O)(=O)N=CN(C)C)c2)n1.OB(O)O. The largest absolute Gasteiger partial charge is 0.631 e. The predicted molar refractivity (Wildman–Crippen MR) is 148 cm³/mol. The molecule has 0 atom stereocenters. The van der Waals surface area contributed by atoms with E-state index in [1.54, 1.807) is 37.3 Å². The van der Waals surface area contributed by atoms with E-state index in [-0.39, 0.29) is 17.0 Å². The lowest BCUT2D eigenvalue weighted by Gasteiger charge is -2.32. The van der Waals surface area contributed by atoms with Crippen molar-refractivity contribution in [1.82, 2.24) is 14.9 Å². The molecule has 38 heavy (non-hydrogen) atoms. The van der Waals surface area contributed by atoms with Crippen LogP contribution < -0.4 is 10.2 Å². The summed E-state index contributed by atoms with van der Waals surface area (Å²) in [4.78, 5) is 10.2. The molecule has 1 saturated heterocycles. The molecule has 2 aromatic rings. The number of nitrogens with zero attached hydrogens (tertiary/aromatic N) is 4. The van der Waals surface area contributed by atoms with Crippen molar-refractivity contribution < 1.29 is 37.5 Å². The van der Waals surface area contributed by atoms with Gasteiger partial charge in [0.25, 0.3) is 10.0 Å². The van der Waals surface area contributed by atoms with E-state index in [2.05, 4.69) is 30.3 Å². The summed E-state index contributed by atoms with van der Waals surface area (Å²) in [6, 6.07) is 5.15. The van der Waals surface area contributed by atoms with E-state index in [0.29, 0.717) is 21.2 Å². The molecule has 0 amide bonds. The third-order valence-corrected chi connectivity index (χ3v) is 7.41. The summed E-state index contributed by atoms with van der Waals surface area (Å²) < 4.78 is 48.9. The fraction of sp³-hybridized carbons (Fsp3) is 0.500. The maximum atomic E-state index is 13.3. The molecule has 1 aliphatic heterocycles. The van der Waals surface area contributed by atoms with Gasteiger partial charge < -0.3 is 34.0 Å². The van der Waals surface area contributed by atoms with Crippen LogP contribution in [-0.4, -0.2) is 90.5 Å². The van der Waals surface area contributed by atoms with E-state index in [1.807, 2.05) is 41.5 Å². The Morgan fingerprint density at radius 1 is 1.16 bits per heavy atom. The van der Waals surface area contributed by atoms with Gasteiger partial charge in [-0.2, -0.15) is 13.4 Å². The van der Waals surface area contributed by atoms with Crippen LogP contribution in [0.2, 0.25) is 0 Å². The first-order valence-corrected chi connectivity index (χ1v) is 13.8. The molecule has 3 N–H and O–H groups in total. The number of hydrogen-bond donors (Lipinski definition) is 3. The van der Waals surface area contributed by atoms with E-state index in [4.69, 9.17) is 29.1 Å². The lowest BCUT2D eigenvalue weighted by atomic mass is 9.78. The average Bonchev–Trinajstić information content (AvgIpc) is 2.99. The van der Waals surface area contributed by atoms with Crippen LogP contribution in [0.1, 0.15) is 41.5 Å². The smallest absolute Gasteiger partial charge is 0.461 e. The Bertz CT molecular complexity index is 1240. The summed E-state index contributed by atoms with van der Waals surface area (Å²) in [6.45, 7) is 11.4. The van der Waals surface area contributed by atoms with Crippen LogP contribution in [0.15, 0.2) is 38.2 Å². The Morgan fingerprint density at radius 3 is 2.21 bits per heavy atom. The second kappa shape index (κ2) is 12.4.